The zero-order valence-corrected chi connectivity index (χ0v) is 11.8. The number of rotatable bonds is 4. The molecule has 1 aromatic heterocycles. The van der Waals surface area contributed by atoms with Crippen molar-refractivity contribution in [3.05, 3.63) is 17.5 Å². The Hall–Kier alpha value is -0.870. The number of hydrogen-bond donors (Lipinski definition) is 1. The second kappa shape index (κ2) is 5.85. The average Bonchev–Trinajstić information content (AvgIpc) is 2.72. The molecule has 102 valence electrons. The first-order valence-corrected chi connectivity index (χ1v) is 7.06. The largest absolute Gasteiger partial charge is 0.393 e. The molecule has 4 heteroatoms. The lowest BCUT2D eigenvalue weighted by Gasteiger charge is -2.35. The van der Waals surface area contributed by atoms with Crippen LogP contribution in [0.15, 0.2) is 6.07 Å². The summed E-state index contributed by atoms with van der Waals surface area (Å²) < 4.78 is 1.99. The fourth-order valence-electron chi connectivity index (χ4n) is 2.76. The van der Waals surface area contributed by atoms with Gasteiger partial charge in [0.2, 0.25) is 0 Å². The molecule has 0 spiro atoms. The number of likely N-dealkylation sites (tertiary alicyclic amines) is 1. The van der Waals surface area contributed by atoms with Crippen LogP contribution in [0.25, 0.3) is 0 Å². The van der Waals surface area contributed by atoms with E-state index >= 15 is 0 Å². The third-order valence-electron chi connectivity index (χ3n) is 4.08. The van der Waals surface area contributed by atoms with E-state index in [0.717, 1.165) is 44.6 Å². The van der Waals surface area contributed by atoms with Crippen molar-refractivity contribution in [3.63, 3.8) is 0 Å². The molecule has 2 unspecified atom stereocenters. The Morgan fingerprint density at radius 2 is 2.22 bits per heavy atom. The summed E-state index contributed by atoms with van der Waals surface area (Å²) in [6, 6.07) is 2.20. The molecule has 0 radical (unpaired) electrons. The predicted molar refractivity (Wildman–Crippen MR) is 72.3 cm³/mol. The second-order valence-corrected chi connectivity index (χ2v) is 5.36. The lowest BCUT2D eigenvalue weighted by atomic mass is 9.92. The Morgan fingerprint density at radius 3 is 2.83 bits per heavy atom. The first-order valence-electron chi connectivity index (χ1n) is 7.06. The number of piperidine rings is 1. The van der Waals surface area contributed by atoms with Crippen molar-refractivity contribution in [3.8, 4) is 0 Å². The van der Waals surface area contributed by atoms with E-state index < -0.39 is 0 Å². The highest BCUT2D eigenvalue weighted by atomic mass is 16.3. The molecule has 0 aromatic carbocycles. The van der Waals surface area contributed by atoms with E-state index in [1.165, 1.54) is 5.69 Å². The van der Waals surface area contributed by atoms with E-state index in [1.807, 2.05) is 11.7 Å². The van der Waals surface area contributed by atoms with Crippen molar-refractivity contribution >= 4 is 0 Å². The average molecular weight is 251 g/mol. The lowest BCUT2D eigenvalue weighted by Crippen LogP contribution is -2.42. The van der Waals surface area contributed by atoms with Gasteiger partial charge in [-0.3, -0.25) is 9.58 Å². The van der Waals surface area contributed by atoms with Crippen molar-refractivity contribution in [2.75, 3.05) is 13.1 Å². The van der Waals surface area contributed by atoms with Crippen LogP contribution in [-0.2, 0) is 20.0 Å². The topological polar surface area (TPSA) is 41.3 Å². The number of aliphatic hydroxyl groups is 1. The van der Waals surface area contributed by atoms with Gasteiger partial charge in [-0.05, 0) is 31.2 Å². The molecule has 2 heterocycles. The third kappa shape index (κ3) is 2.93. The van der Waals surface area contributed by atoms with Crippen LogP contribution in [0.2, 0.25) is 0 Å². The lowest BCUT2D eigenvalue weighted by molar-refractivity contribution is 0.0214. The van der Waals surface area contributed by atoms with Crippen LogP contribution >= 0.6 is 0 Å². The first kappa shape index (κ1) is 13.6. The Kier molecular flexibility index (Phi) is 4.40. The molecular formula is C14H25N3O. The Labute approximate surface area is 110 Å². The molecule has 18 heavy (non-hydrogen) atoms. The van der Waals surface area contributed by atoms with Crippen molar-refractivity contribution < 1.29 is 5.11 Å². The summed E-state index contributed by atoms with van der Waals surface area (Å²) in [5.74, 6) is 0.428. The van der Waals surface area contributed by atoms with Gasteiger partial charge in [-0.1, -0.05) is 13.8 Å². The van der Waals surface area contributed by atoms with Gasteiger partial charge in [0.25, 0.3) is 0 Å². The molecule has 1 aliphatic rings. The SMILES string of the molecule is CCc1cc(CN2CCC(O)C(CC)C2)n(C)n1. The third-order valence-corrected chi connectivity index (χ3v) is 4.08. The number of aromatic nitrogens is 2. The van der Waals surface area contributed by atoms with Gasteiger partial charge < -0.3 is 5.11 Å². The highest BCUT2D eigenvalue weighted by molar-refractivity contribution is 5.10. The summed E-state index contributed by atoms with van der Waals surface area (Å²) in [4.78, 5) is 2.44. The van der Waals surface area contributed by atoms with Gasteiger partial charge in [-0.25, -0.2) is 0 Å². The molecule has 4 nitrogen and oxygen atoms in total. The molecule has 0 bridgehead atoms. The summed E-state index contributed by atoms with van der Waals surface area (Å²) in [6.45, 7) is 7.24. The smallest absolute Gasteiger partial charge is 0.0625 e. The van der Waals surface area contributed by atoms with Gasteiger partial charge >= 0.3 is 0 Å². The minimum Gasteiger partial charge on any atom is -0.393 e. The van der Waals surface area contributed by atoms with Gasteiger partial charge in [0.05, 0.1) is 17.5 Å². The molecule has 0 saturated carbocycles. The monoisotopic (exact) mass is 251 g/mol. The molecule has 1 fully saturated rings. The molecule has 1 saturated heterocycles. The second-order valence-electron chi connectivity index (χ2n) is 5.36. The molecule has 1 aromatic rings. The number of nitrogens with zero attached hydrogens (tertiary/aromatic N) is 3. The fraction of sp³-hybridized carbons (Fsp3) is 0.786. The van der Waals surface area contributed by atoms with Gasteiger partial charge in [0.1, 0.15) is 0 Å². The molecule has 1 aliphatic heterocycles. The summed E-state index contributed by atoms with van der Waals surface area (Å²) >= 11 is 0. The Bertz CT molecular complexity index is 388. The van der Waals surface area contributed by atoms with Gasteiger partial charge in [0, 0.05) is 26.7 Å². The van der Waals surface area contributed by atoms with Gasteiger partial charge in [-0.2, -0.15) is 5.10 Å². The van der Waals surface area contributed by atoms with E-state index in [0.29, 0.717) is 5.92 Å². The van der Waals surface area contributed by atoms with Crippen LogP contribution in [0, 0.1) is 5.92 Å². The van der Waals surface area contributed by atoms with E-state index in [2.05, 4.69) is 29.9 Å². The fourth-order valence-corrected chi connectivity index (χ4v) is 2.76. The number of hydrogen-bond acceptors (Lipinski definition) is 3. The van der Waals surface area contributed by atoms with E-state index in [-0.39, 0.29) is 6.10 Å². The molecule has 1 N–H and O–H groups in total. The molecule has 2 rings (SSSR count). The zero-order valence-electron chi connectivity index (χ0n) is 11.8. The predicted octanol–water partition coefficient (Wildman–Crippen LogP) is 1.58. The van der Waals surface area contributed by atoms with Crippen LogP contribution in [0.1, 0.15) is 38.1 Å². The zero-order chi connectivity index (χ0) is 13.1. The van der Waals surface area contributed by atoms with E-state index in [1.54, 1.807) is 0 Å². The van der Waals surface area contributed by atoms with Crippen LogP contribution in [0.5, 0.6) is 0 Å². The molecule has 2 atom stereocenters. The van der Waals surface area contributed by atoms with Crippen molar-refractivity contribution in [2.45, 2.75) is 45.8 Å². The maximum absolute atomic E-state index is 9.91. The Balaban J connectivity index is 1.98. The first-order chi connectivity index (χ1) is 8.63. The maximum atomic E-state index is 9.91. The summed E-state index contributed by atoms with van der Waals surface area (Å²) in [6.07, 6.45) is 2.84. The molecule has 0 amide bonds. The molecule has 0 aliphatic carbocycles. The summed E-state index contributed by atoms with van der Waals surface area (Å²) in [5, 5.41) is 14.4. The highest BCUT2D eigenvalue weighted by Gasteiger charge is 2.26. The highest BCUT2D eigenvalue weighted by Crippen LogP contribution is 2.21. The van der Waals surface area contributed by atoms with Crippen LogP contribution < -0.4 is 0 Å². The maximum Gasteiger partial charge on any atom is 0.0625 e. The van der Waals surface area contributed by atoms with Crippen LogP contribution in [-0.4, -0.2) is 39.0 Å². The van der Waals surface area contributed by atoms with E-state index in [9.17, 15) is 5.11 Å². The van der Waals surface area contributed by atoms with Gasteiger partial charge in [-0.15, -0.1) is 0 Å². The van der Waals surface area contributed by atoms with Crippen LogP contribution in [0.3, 0.4) is 0 Å². The van der Waals surface area contributed by atoms with Crippen molar-refractivity contribution in [2.24, 2.45) is 13.0 Å². The normalized spacial score (nSPS) is 25.6. The Morgan fingerprint density at radius 1 is 1.44 bits per heavy atom. The summed E-state index contributed by atoms with van der Waals surface area (Å²) in [7, 11) is 2.02. The number of aliphatic hydroxyl groups excluding tert-OH is 1. The van der Waals surface area contributed by atoms with Crippen molar-refractivity contribution in [1.29, 1.82) is 0 Å². The summed E-state index contributed by atoms with van der Waals surface area (Å²) in [5.41, 5.74) is 2.44. The van der Waals surface area contributed by atoms with Crippen LogP contribution in [0.4, 0.5) is 0 Å². The van der Waals surface area contributed by atoms with Gasteiger partial charge in [0.15, 0.2) is 0 Å². The standard InChI is InChI=1S/C14H25N3O/c1-4-11-9-17(7-6-14(11)18)10-13-8-12(5-2)15-16(13)3/h8,11,14,18H,4-7,9-10H2,1-3H3. The minimum atomic E-state index is -0.107. The number of aryl methyl sites for hydroxylation is 2. The minimum absolute atomic E-state index is 0.107. The molecular weight excluding hydrogens is 226 g/mol. The van der Waals surface area contributed by atoms with Crippen molar-refractivity contribution in [1.82, 2.24) is 14.7 Å². The van der Waals surface area contributed by atoms with E-state index in [4.69, 9.17) is 0 Å². The quantitative estimate of drug-likeness (QED) is 0.883.